The lowest BCUT2D eigenvalue weighted by atomic mass is 10.2. The van der Waals surface area contributed by atoms with Gasteiger partial charge in [0, 0.05) is 11.4 Å². The number of esters is 2. The van der Waals surface area contributed by atoms with Gasteiger partial charge in [0.05, 0.1) is 18.9 Å². The zero-order chi connectivity index (χ0) is 22.7. The molecule has 0 fully saturated rings. The van der Waals surface area contributed by atoms with E-state index in [0.717, 1.165) is 17.1 Å². The summed E-state index contributed by atoms with van der Waals surface area (Å²) in [6.07, 6.45) is 0. The maximum Gasteiger partial charge on any atom is 0.365 e. The Morgan fingerprint density at radius 1 is 0.875 bits per heavy atom. The number of carbonyl (C=O) groups excluding carboxylic acids is 2. The standard InChI is InChI=1S/C23H23N3O4S2/c1-4-29-21(27)19-16(3)25(17-12-8-6-9-13-17)23(31-19)26(18-14-10-7-11-15-18)24-20(32-23)22(28)30-5-2/h6-15H,4-5H2,1-3H3/t23-/m0/s1. The monoisotopic (exact) mass is 469 g/mol. The first-order chi connectivity index (χ1) is 15.5. The van der Waals surface area contributed by atoms with E-state index >= 15 is 0 Å². The van der Waals surface area contributed by atoms with Crippen LogP contribution in [-0.4, -0.2) is 34.5 Å². The molecule has 166 valence electrons. The van der Waals surface area contributed by atoms with E-state index in [1.54, 1.807) is 18.9 Å². The van der Waals surface area contributed by atoms with Crippen LogP contribution in [0.2, 0.25) is 0 Å². The minimum absolute atomic E-state index is 0.224. The highest BCUT2D eigenvalue weighted by Gasteiger charge is 2.58. The van der Waals surface area contributed by atoms with E-state index in [-0.39, 0.29) is 18.3 Å². The molecule has 0 saturated carbocycles. The maximum absolute atomic E-state index is 12.8. The molecular formula is C23H23N3O4S2. The SMILES string of the molecule is CCOC(=O)C1=NN(c2ccccc2)[C@]2(S1)SC(C(=O)OCC)=C(C)N2c1ccccc1. The first-order valence-corrected chi connectivity index (χ1v) is 11.9. The predicted molar refractivity (Wildman–Crippen MR) is 129 cm³/mol. The van der Waals surface area contributed by atoms with Crippen molar-refractivity contribution >= 4 is 51.9 Å². The molecule has 0 unspecified atom stereocenters. The Balaban J connectivity index is 1.87. The number of para-hydroxylation sites is 2. The predicted octanol–water partition coefficient (Wildman–Crippen LogP) is 4.78. The first-order valence-electron chi connectivity index (χ1n) is 10.2. The van der Waals surface area contributed by atoms with E-state index in [2.05, 4.69) is 5.10 Å². The van der Waals surface area contributed by atoms with Gasteiger partial charge >= 0.3 is 11.9 Å². The molecule has 0 bridgehead atoms. The van der Waals surface area contributed by atoms with E-state index < -0.39 is 16.3 Å². The van der Waals surface area contributed by atoms with Crippen LogP contribution in [0.25, 0.3) is 0 Å². The second-order valence-corrected chi connectivity index (χ2v) is 9.43. The summed E-state index contributed by atoms with van der Waals surface area (Å²) in [4.78, 5) is 28.0. The number of hydrazone groups is 1. The molecule has 2 aromatic rings. The van der Waals surface area contributed by atoms with Crippen LogP contribution in [0.1, 0.15) is 20.8 Å². The number of hydrogen-bond acceptors (Lipinski definition) is 9. The van der Waals surface area contributed by atoms with Crippen molar-refractivity contribution < 1.29 is 19.1 Å². The van der Waals surface area contributed by atoms with Crippen molar-refractivity contribution in [2.75, 3.05) is 23.1 Å². The third kappa shape index (κ3) is 3.86. The Kier molecular flexibility index (Phi) is 6.48. The molecule has 0 aromatic heterocycles. The van der Waals surface area contributed by atoms with Crippen LogP contribution in [0, 0.1) is 0 Å². The normalized spacial score (nSPS) is 20.0. The highest BCUT2D eigenvalue weighted by Crippen LogP contribution is 2.60. The zero-order valence-electron chi connectivity index (χ0n) is 18.0. The van der Waals surface area contributed by atoms with E-state index in [1.807, 2.05) is 72.5 Å². The van der Waals surface area contributed by atoms with E-state index in [4.69, 9.17) is 9.47 Å². The highest BCUT2D eigenvalue weighted by atomic mass is 32.2. The third-order valence-corrected chi connectivity index (χ3v) is 7.65. The third-order valence-electron chi connectivity index (χ3n) is 4.80. The van der Waals surface area contributed by atoms with Crippen molar-refractivity contribution in [3.8, 4) is 0 Å². The first kappa shape index (κ1) is 22.3. The summed E-state index contributed by atoms with van der Waals surface area (Å²) in [5, 5.41) is 6.66. The summed E-state index contributed by atoms with van der Waals surface area (Å²) >= 11 is 2.58. The molecule has 0 N–H and O–H groups in total. The molecule has 0 saturated heterocycles. The molecule has 9 heteroatoms. The van der Waals surface area contributed by atoms with Gasteiger partial charge in [-0.05, 0) is 56.8 Å². The van der Waals surface area contributed by atoms with Crippen LogP contribution in [-0.2, 0) is 19.1 Å². The summed E-state index contributed by atoms with van der Waals surface area (Å²) in [5.74, 6) is -0.892. The van der Waals surface area contributed by atoms with Crippen LogP contribution >= 0.6 is 23.5 Å². The van der Waals surface area contributed by atoms with Gasteiger partial charge in [-0.1, -0.05) is 48.2 Å². The lowest BCUT2D eigenvalue weighted by Crippen LogP contribution is -2.49. The van der Waals surface area contributed by atoms with Gasteiger partial charge in [0.15, 0.2) is 0 Å². The lowest BCUT2D eigenvalue weighted by Gasteiger charge is -2.41. The largest absolute Gasteiger partial charge is 0.462 e. The lowest BCUT2D eigenvalue weighted by molar-refractivity contribution is -0.137. The molecule has 0 aliphatic carbocycles. The van der Waals surface area contributed by atoms with Crippen molar-refractivity contribution in [3.63, 3.8) is 0 Å². The average Bonchev–Trinajstić information content (AvgIpc) is 3.33. The molecule has 2 aliphatic heterocycles. The number of carbonyl (C=O) groups is 2. The van der Waals surface area contributed by atoms with Gasteiger partial charge in [-0.15, -0.1) is 0 Å². The highest BCUT2D eigenvalue weighted by molar-refractivity contribution is 8.29. The van der Waals surface area contributed by atoms with Gasteiger partial charge in [-0.25, -0.2) is 14.6 Å². The van der Waals surface area contributed by atoms with E-state index in [1.165, 1.54) is 23.5 Å². The number of anilines is 2. The average molecular weight is 470 g/mol. The Hall–Kier alpha value is -2.91. The van der Waals surface area contributed by atoms with Crippen LogP contribution < -0.4 is 9.91 Å². The van der Waals surface area contributed by atoms with Gasteiger partial charge < -0.3 is 14.4 Å². The van der Waals surface area contributed by atoms with Gasteiger partial charge in [-0.2, -0.15) is 5.10 Å². The van der Waals surface area contributed by atoms with Crippen molar-refractivity contribution in [3.05, 3.63) is 71.3 Å². The van der Waals surface area contributed by atoms with Crippen LogP contribution in [0.15, 0.2) is 76.4 Å². The van der Waals surface area contributed by atoms with Gasteiger partial charge in [0.1, 0.15) is 4.91 Å². The molecule has 0 amide bonds. The fourth-order valence-corrected chi connectivity index (χ4v) is 6.45. The second-order valence-electron chi connectivity index (χ2n) is 6.83. The van der Waals surface area contributed by atoms with E-state index in [9.17, 15) is 9.59 Å². The number of thioether (sulfide) groups is 2. The van der Waals surface area contributed by atoms with Crippen molar-refractivity contribution in [1.82, 2.24) is 0 Å². The quantitative estimate of drug-likeness (QED) is 0.560. The molecular weight excluding hydrogens is 446 g/mol. The molecule has 32 heavy (non-hydrogen) atoms. The number of benzene rings is 2. The fraction of sp³-hybridized carbons (Fsp3) is 0.261. The van der Waals surface area contributed by atoms with Gasteiger partial charge in [0.25, 0.3) is 0 Å². The van der Waals surface area contributed by atoms with Crippen molar-refractivity contribution in [2.24, 2.45) is 5.10 Å². The van der Waals surface area contributed by atoms with Crippen LogP contribution in [0.4, 0.5) is 11.4 Å². The van der Waals surface area contributed by atoms with Gasteiger partial charge in [0.2, 0.25) is 9.37 Å². The molecule has 1 atom stereocenters. The summed E-state index contributed by atoms with van der Waals surface area (Å²) < 4.78 is 9.60. The molecule has 2 aliphatic rings. The summed E-state index contributed by atoms with van der Waals surface area (Å²) in [5.41, 5.74) is 2.38. The topological polar surface area (TPSA) is 71.4 Å². The minimum atomic E-state index is -0.975. The number of rotatable bonds is 6. The summed E-state index contributed by atoms with van der Waals surface area (Å²) in [6.45, 7) is 5.94. The second kappa shape index (κ2) is 9.30. The Bertz CT molecular complexity index is 1080. The molecule has 0 radical (unpaired) electrons. The van der Waals surface area contributed by atoms with Crippen LogP contribution in [0.5, 0.6) is 0 Å². The summed E-state index contributed by atoms with van der Waals surface area (Å²) in [6, 6.07) is 19.3. The molecule has 2 heterocycles. The van der Waals surface area contributed by atoms with Crippen molar-refractivity contribution in [2.45, 2.75) is 25.1 Å². The Morgan fingerprint density at radius 3 is 2.03 bits per heavy atom. The smallest absolute Gasteiger partial charge is 0.365 e. The number of allylic oxidation sites excluding steroid dienone is 1. The molecule has 1 spiro atoms. The maximum atomic E-state index is 12.8. The molecule has 7 nitrogen and oxygen atoms in total. The number of nitrogens with zero attached hydrogens (tertiary/aromatic N) is 3. The zero-order valence-corrected chi connectivity index (χ0v) is 19.6. The number of hydrogen-bond donors (Lipinski definition) is 0. The fourth-order valence-electron chi connectivity index (χ4n) is 3.50. The van der Waals surface area contributed by atoms with Gasteiger partial charge in [-0.3, -0.25) is 0 Å². The Morgan fingerprint density at radius 2 is 1.44 bits per heavy atom. The minimum Gasteiger partial charge on any atom is -0.462 e. The Labute approximate surface area is 195 Å². The molecule has 2 aromatic carbocycles. The van der Waals surface area contributed by atoms with Crippen LogP contribution in [0.3, 0.4) is 0 Å². The summed E-state index contributed by atoms with van der Waals surface area (Å²) in [7, 11) is 0. The van der Waals surface area contributed by atoms with E-state index in [0.29, 0.717) is 4.91 Å². The number of ether oxygens (including phenoxy) is 2. The van der Waals surface area contributed by atoms with Crippen molar-refractivity contribution in [1.29, 1.82) is 0 Å². The molecule has 4 rings (SSSR count).